The molecule has 1 aliphatic heterocycles. The molecule has 1 aliphatic rings. The Morgan fingerprint density at radius 3 is 2.50 bits per heavy atom. The number of carbonyl (C=O) groups is 1. The molecule has 2 atom stereocenters. The van der Waals surface area contributed by atoms with Crippen LogP contribution < -0.4 is 19.1 Å². The van der Waals surface area contributed by atoms with Gasteiger partial charge in [0.25, 0.3) is 5.91 Å². The maximum Gasteiger partial charge on any atom is 0.274 e. The number of para-hydroxylation sites is 2. The minimum Gasteiger partial charge on any atom is -0.497 e. The van der Waals surface area contributed by atoms with Gasteiger partial charge in [0.1, 0.15) is 11.9 Å². The molecule has 0 fully saturated rings. The van der Waals surface area contributed by atoms with Crippen LogP contribution in [0.5, 0.6) is 17.2 Å². The summed E-state index contributed by atoms with van der Waals surface area (Å²) in [7, 11) is 1.62. The monoisotopic (exact) mass is 446 g/mol. The number of hydrogen-bond donors (Lipinski definition) is 0. The highest BCUT2D eigenvalue weighted by Crippen LogP contribution is 2.36. The molecule has 3 aromatic carbocycles. The van der Waals surface area contributed by atoms with E-state index in [2.05, 4.69) is 0 Å². The van der Waals surface area contributed by atoms with Gasteiger partial charge in [-0.1, -0.05) is 53.8 Å². The van der Waals surface area contributed by atoms with Gasteiger partial charge in [-0.25, -0.2) is 4.98 Å². The molecule has 7 heteroatoms. The number of thiazole rings is 1. The Morgan fingerprint density at radius 1 is 1.03 bits per heavy atom. The molecule has 5 rings (SSSR count). The van der Waals surface area contributed by atoms with E-state index in [4.69, 9.17) is 19.2 Å². The molecular formula is C25H22N2O4S. The summed E-state index contributed by atoms with van der Waals surface area (Å²) in [6.07, 6.45) is -1.22. The van der Waals surface area contributed by atoms with Crippen LogP contribution in [0.3, 0.4) is 0 Å². The van der Waals surface area contributed by atoms with Crippen molar-refractivity contribution >= 4 is 32.6 Å². The van der Waals surface area contributed by atoms with Crippen LogP contribution in [-0.4, -0.2) is 30.2 Å². The second kappa shape index (κ2) is 8.51. The SMILES string of the molecule is COc1ccc2sc(N(Cc3ccccc3)C(=O)C3Oc4ccccc4OC3C)nc2c1. The standard InChI is InChI=1S/C25H22N2O4S/c1-16-23(31-21-11-7-6-10-20(21)30-16)24(28)27(15-17-8-4-3-5-9-17)25-26-19-14-18(29-2)12-13-22(19)32-25/h3-14,16,23H,15H2,1-2H3. The van der Waals surface area contributed by atoms with E-state index in [1.807, 2.05) is 79.7 Å². The first kappa shape index (κ1) is 20.3. The summed E-state index contributed by atoms with van der Waals surface area (Å²) in [5, 5.41) is 0.608. The number of hydrogen-bond acceptors (Lipinski definition) is 6. The zero-order chi connectivity index (χ0) is 22.1. The number of aromatic nitrogens is 1. The van der Waals surface area contributed by atoms with Crippen molar-refractivity contribution in [3.05, 3.63) is 78.4 Å². The Kier molecular flexibility index (Phi) is 5.41. The number of amides is 1. The van der Waals surface area contributed by atoms with Crippen molar-refractivity contribution in [3.63, 3.8) is 0 Å². The molecule has 162 valence electrons. The van der Waals surface area contributed by atoms with Crippen molar-refractivity contribution in [2.24, 2.45) is 0 Å². The average molecular weight is 447 g/mol. The van der Waals surface area contributed by atoms with E-state index >= 15 is 0 Å². The first-order valence-electron chi connectivity index (χ1n) is 10.3. The van der Waals surface area contributed by atoms with E-state index in [1.165, 1.54) is 11.3 Å². The Bertz CT molecular complexity index is 1260. The molecule has 2 unspecified atom stereocenters. The number of anilines is 1. The van der Waals surface area contributed by atoms with Crippen LogP contribution in [0.1, 0.15) is 12.5 Å². The Balaban J connectivity index is 1.52. The number of carbonyl (C=O) groups excluding carboxylic acids is 1. The summed E-state index contributed by atoms with van der Waals surface area (Å²) < 4.78 is 18.4. The summed E-state index contributed by atoms with van der Waals surface area (Å²) in [5.74, 6) is 1.75. The van der Waals surface area contributed by atoms with Gasteiger partial charge in [-0.2, -0.15) is 0 Å². The van der Waals surface area contributed by atoms with E-state index in [1.54, 1.807) is 12.0 Å². The van der Waals surface area contributed by atoms with Gasteiger partial charge < -0.3 is 14.2 Å². The highest BCUT2D eigenvalue weighted by molar-refractivity contribution is 7.22. The fraction of sp³-hybridized carbons (Fsp3) is 0.200. The molecule has 1 aromatic heterocycles. The highest BCUT2D eigenvalue weighted by Gasteiger charge is 2.38. The third-order valence-corrected chi connectivity index (χ3v) is 6.41. The van der Waals surface area contributed by atoms with Crippen LogP contribution in [0.2, 0.25) is 0 Å². The molecule has 0 saturated carbocycles. The fourth-order valence-electron chi connectivity index (χ4n) is 3.69. The second-order valence-corrected chi connectivity index (χ2v) is 8.56. The summed E-state index contributed by atoms with van der Waals surface area (Å²) in [4.78, 5) is 20.2. The summed E-state index contributed by atoms with van der Waals surface area (Å²) in [6.45, 7) is 2.23. The molecule has 6 nitrogen and oxygen atoms in total. The van der Waals surface area contributed by atoms with Gasteiger partial charge in [0, 0.05) is 6.07 Å². The third-order valence-electron chi connectivity index (χ3n) is 5.35. The van der Waals surface area contributed by atoms with Crippen molar-refractivity contribution in [3.8, 4) is 17.2 Å². The van der Waals surface area contributed by atoms with Gasteiger partial charge in [-0.3, -0.25) is 9.69 Å². The van der Waals surface area contributed by atoms with Crippen LogP contribution in [0.4, 0.5) is 5.13 Å². The number of benzene rings is 3. The van der Waals surface area contributed by atoms with E-state index in [0.29, 0.717) is 23.2 Å². The maximum absolute atomic E-state index is 13.8. The van der Waals surface area contributed by atoms with Crippen molar-refractivity contribution in [1.82, 2.24) is 4.98 Å². The van der Waals surface area contributed by atoms with Gasteiger partial charge in [-0.05, 0) is 36.8 Å². The molecule has 0 saturated heterocycles. The van der Waals surface area contributed by atoms with Gasteiger partial charge in [-0.15, -0.1) is 0 Å². The second-order valence-electron chi connectivity index (χ2n) is 7.55. The number of methoxy groups -OCH3 is 1. The quantitative estimate of drug-likeness (QED) is 0.429. The van der Waals surface area contributed by atoms with Crippen LogP contribution in [0.25, 0.3) is 10.2 Å². The zero-order valence-corrected chi connectivity index (χ0v) is 18.5. The molecule has 0 N–H and O–H groups in total. The highest BCUT2D eigenvalue weighted by atomic mass is 32.1. The molecule has 0 aliphatic carbocycles. The summed E-state index contributed by atoms with van der Waals surface area (Å²) in [6, 6.07) is 23.0. The van der Waals surface area contributed by atoms with E-state index in [9.17, 15) is 4.79 Å². The molecule has 1 amide bonds. The predicted molar refractivity (Wildman–Crippen MR) is 125 cm³/mol. The minimum absolute atomic E-state index is 0.193. The van der Waals surface area contributed by atoms with Crippen LogP contribution in [0.15, 0.2) is 72.8 Å². The van der Waals surface area contributed by atoms with Crippen molar-refractivity contribution < 1.29 is 19.0 Å². The maximum atomic E-state index is 13.8. The molecular weight excluding hydrogens is 424 g/mol. The third kappa shape index (κ3) is 3.87. The van der Waals surface area contributed by atoms with Gasteiger partial charge in [0.2, 0.25) is 6.10 Å². The molecule has 2 heterocycles. The number of rotatable bonds is 5. The first-order chi connectivity index (χ1) is 15.6. The normalized spacial score (nSPS) is 17.2. The molecule has 32 heavy (non-hydrogen) atoms. The van der Waals surface area contributed by atoms with Gasteiger partial charge in [0.15, 0.2) is 16.6 Å². The minimum atomic E-state index is -0.782. The lowest BCUT2D eigenvalue weighted by atomic mass is 10.1. The fourth-order valence-corrected chi connectivity index (χ4v) is 4.64. The zero-order valence-electron chi connectivity index (χ0n) is 17.7. The Labute approximate surface area is 190 Å². The first-order valence-corrected chi connectivity index (χ1v) is 11.2. The van der Waals surface area contributed by atoms with Crippen LogP contribution in [-0.2, 0) is 11.3 Å². The smallest absolute Gasteiger partial charge is 0.274 e. The summed E-state index contributed by atoms with van der Waals surface area (Å²) >= 11 is 1.47. The largest absolute Gasteiger partial charge is 0.497 e. The van der Waals surface area contributed by atoms with Gasteiger partial charge in [0.05, 0.1) is 23.9 Å². The lowest BCUT2D eigenvalue weighted by Crippen LogP contribution is -2.50. The molecule has 0 bridgehead atoms. The Morgan fingerprint density at radius 2 is 1.75 bits per heavy atom. The van der Waals surface area contributed by atoms with Crippen LogP contribution in [0, 0.1) is 0 Å². The number of nitrogens with zero attached hydrogens (tertiary/aromatic N) is 2. The van der Waals surface area contributed by atoms with Crippen molar-refractivity contribution in [2.45, 2.75) is 25.7 Å². The lowest BCUT2D eigenvalue weighted by Gasteiger charge is -2.33. The van der Waals surface area contributed by atoms with E-state index < -0.39 is 12.2 Å². The number of fused-ring (bicyclic) bond motifs is 2. The topological polar surface area (TPSA) is 60.9 Å². The summed E-state index contributed by atoms with van der Waals surface area (Å²) in [5.41, 5.74) is 1.79. The number of ether oxygens (including phenoxy) is 3. The van der Waals surface area contributed by atoms with Gasteiger partial charge >= 0.3 is 0 Å². The molecule has 4 aromatic rings. The Hall–Kier alpha value is -3.58. The van der Waals surface area contributed by atoms with E-state index in [-0.39, 0.29) is 5.91 Å². The van der Waals surface area contributed by atoms with Crippen LogP contribution >= 0.6 is 11.3 Å². The van der Waals surface area contributed by atoms with Crippen molar-refractivity contribution in [2.75, 3.05) is 12.0 Å². The predicted octanol–water partition coefficient (Wildman–Crippen LogP) is 5.07. The lowest BCUT2D eigenvalue weighted by molar-refractivity contribution is -0.130. The van der Waals surface area contributed by atoms with E-state index in [0.717, 1.165) is 21.5 Å². The van der Waals surface area contributed by atoms with Crippen molar-refractivity contribution in [1.29, 1.82) is 0 Å². The molecule has 0 radical (unpaired) electrons. The molecule has 0 spiro atoms. The average Bonchev–Trinajstić information content (AvgIpc) is 3.25.